The van der Waals surface area contributed by atoms with Crippen molar-refractivity contribution in [3.8, 4) is 5.75 Å². The van der Waals surface area contributed by atoms with Gasteiger partial charge in [0.1, 0.15) is 29.2 Å². The standard InChI is InChI=1S/C29H21F2N3O5S2/c1-39-20-12-2-15(3-13-20)22-23-24(27(37)34(26(23)36)19-10-6-17(31)7-11-19)40-28-25(22)41-29(38)33(28)14-21(35)32-18-8-4-16(30)5-9-18/h2-13,22-24H,14H2,1H3,(H,32,35)/t22-,23-,24+/m0/s1. The van der Waals surface area contributed by atoms with Gasteiger partial charge in [-0.05, 0) is 66.2 Å². The number of halogens is 2. The van der Waals surface area contributed by atoms with E-state index in [2.05, 4.69) is 5.32 Å². The lowest BCUT2D eigenvalue weighted by molar-refractivity contribution is -0.122. The van der Waals surface area contributed by atoms with Gasteiger partial charge in [0.15, 0.2) is 0 Å². The van der Waals surface area contributed by atoms with Gasteiger partial charge in [0.2, 0.25) is 17.7 Å². The largest absolute Gasteiger partial charge is 0.497 e. The lowest BCUT2D eigenvalue weighted by Gasteiger charge is -2.30. The zero-order valence-corrected chi connectivity index (χ0v) is 23.0. The second kappa shape index (κ2) is 10.6. The number of benzene rings is 3. The summed E-state index contributed by atoms with van der Waals surface area (Å²) in [6, 6.07) is 17.4. The second-order valence-corrected chi connectivity index (χ2v) is 11.6. The highest BCUT2D eigenvalue weighted by Gasteiger charge is 2.56. The molecule has 0 aliphatic carbocycles. The lowest BCUT2D eigenvalue weighted by Crippen LogP contribution is -2.33. The molecule has 1 saturated heterocycles. The number of aromatic nitrogens is 1. The van der Waals surface area contributed by atoms with Crippen LogP contribution in [0, 0.1) is 17.6 Å². The molecule has 3 atom stereocenters. The third-order valence-corrected chi connectivity index (χ3v) is 9.64. The average Bonchev–Trinajstić information content (AvgIpc) is 3.41. The first-order chi connectivity index (χ1) is 19.7. The van der Waals surface area contributed by atoms with E-state index in [0.717, 1.165) is 28.0 Å². The molecule has 2 aliphatic rings. The highest BCUT2D eigenvalue weighted by molar-refractivity contribution is 8.00. The maximum atomic E-state index is 13.9. The summed E-state index contributed by atoms with van der Waals surface area (Å²) in [5, 5.41) is 2.20. The third-order valence-electron chi connectivity index (χ3n) is 7.04. The lowest BCUT2D eigenvalue weighted by atomic mass is 9.83. The van der Waals surface area contributed by atoms with E-state index in [4.69, 9.17) is 4.74 Å². The Hall–Kier alpha value is -4.29. The summed E-state index contributed by atoms with van der Waals surface area (Å²) in [4.78, 5) is 54.9. The van der Waals surface area contributed by atoms with Crippen molar-refractivity contribution in [2.24, 2.45) is 5.92 Å². The summed E-state index contributed by atoms with van der Waals surface area (Å²) in [6.07, 6.45) is 0. The number of carbonyl (C=O) groups is 3. The number of nitrogens with zero attached hydrogens (tertiary/aromatic N) is 2. The Kier molecular flexibility index (Phi) is 6.96. The Labute approximate surface area is 240 Å². The van der Waals surface area contributed by atoms with Crippen molar-refractivity contribution in [1.29, 1.82) is 0 Å². The number of anilines is 2. The van der Waals surface area contributed by atoms with Gasteiger partial charge < -0.3 is 10.1 Å². The van der Waals surface area contributed by atoms with E-state index in [0.29, 0.717) is 26.9 Å². The fraction of sp³-hybridized carbons (Fsp3) is 0.172. The number of ether oxygens (including phenoxy) is 1. The molecule has 1 fully saturated rings. The molecule has 41 heavy (non-hydrogen) atoms. The Bertz CT molecular complexity index is 1720. The molecule has 3 heterocycles. The summed E-state index contributed by atoms with van der Waals surface area (Å²) in [5.74, 6) is -3.28. The van der Waals surface area contributed by atoms with E-state index in [1.54, 1.807) is 24.3 Å². The van der Waals surface area contributed by atoms with Gasteiger partial charge >= 0.3 is 4.87 Å². The van der Waals surface area contributed by atoms with Gasteiger partial charge in [-0.25, -0.2) is 13.7 Å². The van der Waals surface area contributed by atoms with Crippen molar-refractivity contribution in [3.63, 3.8) is 0 Å². The monoisotopic (exact) mass is 593 g/mol. The van der Waals surface area contributed by atoms with Crippen LogP contribution in [0.1, 0.15) is 16.4 Å². The number of imide groups is 1. The number of nitrogens with one attached hydrogen (secondary N) is 1. The smallest absolute Gasteiger partial charge is 0.308 e. The predicted octanol–water partition coefficient (Wildman–Crippen LogP) is 4.63. The maximum absolute atomic E-state index is 13.9. The van der Waals surface area contributed by atoms with Crippen molar-refractivity contribution in [3.05, 3.63) is 105 Å². The first-order valence-electron chi connectivity index (χ1n) is 12.5. The van der Waals surface area contributed by atoms with Crippen LogP contribution in [0.5, 0.6) is 5.75 Å². The number of methoxy groups -OCH3 is 1. The molecule has 3 amide bonds. The van der Waals surface area contributed by atoms with E-state index in [9.17, 15) is 28.0 Å². The molecular weight excluding hydrogens is 572 g/mol. The number of hydrogen-bond donors (Lipinski definition) is 1. The van der Waals surface area contributed by atoms with Gasteiger partial charge in [0.25, 0.3) is 0 Å². The van der Waals surface area contributed by atoms with Crippen molar-refractivity contribution in [1.82, 2.24) is 4.57 Å². The Morgan fingerprint density at radius 1 is 0.902 bits per heavy atom. The van der Waals surface area contributed by atoms with E-state index in [1.807, 2.05) is 0 Å². The third kappa shape index (κ3) is 4.82. The molecule has 2 aliphatic heterocycles. The topological polar surface area (TPSA) is 97.7 Å². The molecular formula is C29H21F2N3O5S2. The van der Waals surface area contributed by atoms with Crippen LogP contribution in [0.4, 0.5) is 20.2 Å². The highest BCUT2D eigenvalue weighted by Crippen LogP contribution is 2.54. The van der Waals surface area contributed by atoms with Crippen LogP contribution in [0.15, 0.2) is 82.6 Å². The zero-order chi connectivity index (χ0) is 28.8. The Morgan fingerprint density at radius 3 is 2.17 bits per heavy atom. The second-order valence-electron chi connectivity index (χ2n) is 9.48. The van der Waals surface area contributed by atoms with Gasteiger partial charge in [-0.1, -0.05) is 35.2 Å². The van der Waals surface area contributed by atoms with E-state index < -0.39 is 51.3 Å². The molecule has 8 nitrogen and oxygen atoms in total. The highest BCUT2D eigenvalue weighted by atomic mass is 32.2. The number of thiazole rings is 1. The molecule has 0 bridgehead atoms. The van der Waals surface area contributed by atoms with Crippen LogP contribution in [0.2, 0.25) is 0 Å². The minimum absolute atomic E-state index is 0.254. The van der Waals surface area contributed by atoms with Crippen LogP contribution in [-0.4, -0.2) is 34.6 Å². The van der Waals surface area contributed by atoms with Gasteiger partial charge in [-0.3, -0.25) is 23.7 Å². The van der Waals surface area contributed by atoms with Crippen LogP contribution < -0.4 is 19.8 Å². The molecule has 0 saturated carbocycles. The van der Waals surface area contributed by atoms with Crippen molar-refractivity contribution >= 4 is 52.2 Å². The minimum Gasteiger partial charge on any atom is -0.497 e. The SMILES string of the molecule is COc1ccc([C@@H]2c3sc(=O)n(CC(=O)Nc4ccc(F)cc4)c3S[C@H]3C(=O)N(c4ccc(F)cc4)C(=O)[C@@H]23)cc1. The van der Waals surface area contributed by atoms with E-state index in [1.165, 1.54) is 60.2 Å². The molecule has 12 heteroatoms. The fourth-order valence-electron chi connectivity index (χ4n) is 5.15. The Balaban J connectivity index is 1.40. The Morgan fingerprint density at radius 2 is 1.54 bits per heavy atom. The summed E-state index contributed by atoms with van der Waals surface area (Å²) < 4.78 is 33.5. The van der Waals surface area contributed by atoms with Crippen molar-refractivity contribution in [2.45, 2.75) is 22.7 Å². The maximum Gasteiger partial charge on any atom is 0.308 e. The van der Waals surface area contributed by atoms with Gasteiger partial charge in [-0.15, -0.1) is 0 Å². The molecule has 6 rings (SSSR count). The summed E-state index contributed by atoms with van der Waals surface area (Å²) in [6.45, 7) is -0.342. The number of fused-ring (bicyclic) bond motifs is 2. The molecule has 4 aromatic rings. The molecule has 1 N–H and O–H groups in total. The van der Waals surface area contributed by atoms with Crippen molar-refractivity contribution < 1.29 is 27.9 Å². The number of hydrogen-bond acceptors (Lipinski definition) is 7. The van der Waals surface area contributed by atoms with Crippen molar-refractivity contribution in [2.75, 3.05) is 17.3 Å². The molecule has 0 unspecified atom stereocenters. The average molecular weight is 594 g/mol. The zero-order valence-electron chi connectivity index (χ0n) is 21.4. The fourth-order valence-corrected chi connectivity index (χ4v) is 7.92. The summed E-state index contributed by atoms with van der Waals surface area (Å²) in [5.41, 5.74) is 1.32. The normalized spacial score (nSPS) is 19.6. The molecule has 0 radical (unpaired) electrons. The summed E-state index contributed by atoms with van der Waals surface area (Å²) in [7, 11) is 1.53. The molecule has 0 spiro atoms. The van der Waals surface area contributed by atoms with E-state index in [-0.39, 0.29) is 12.2 Å². The molecule has 3 aromatic carbocycles. The summed E-state index contributed by atoms with van der Waals surface area (Å²) >= 11 is 2.00. The molecule has 1 aromatic heterocycles. The first kappa shape index (κ1) is 26.9. The number of thioether (sulfide) groups is 1. The van der Waals surface area contributed by atoms with Crippen LogP contribution in [-0.2, 0) is 20.9 Å². The van der Waals surface area contributed by atoms with Gasteiger partial charge in [0, 0.05) is 16.5 Å². The number of amides is 3. The van der Waals surface area contributed by atoms with Gasteiger partial charge in [0.05, 0.1) is 23.7 Å². The molecule has 208 valence electrons. The van der Waals surface area contributed by atoms with Crippen LogP contribution >= 0.6 is 23.1 Å². The quantitative estimate of drug-likeness (QED) is 0.328. The predicted molar refractivity (Wildman–Crippen MR) is 150 cm³/mol. The van der Waals surface area contributed by atoms with Crippen LogP contribution in [0.25, 0.3) is 0 Å². The van der Waals surface area contributed by atoms with Crippen LogP contribution in [0.3, 0.4) is 0 Å². The van der Waals surface area contributed by atoms with E-state index >= 15 is 0 Å². The van der Waals surface area contributed by atoms with Gasteiger partial charge in [-0.2, -0.15) is 0 Å². The number of carbonyl (C=O) groups excluding carboxylic acids is 3. The first-order valence-corrected chi connectivity index (χ1v) is 14.2. The number of rotatable bonds is 6. The minimum atomic E-state index is -0.882.